The third-order valence-electron chi connectivity index (χ3n) is 3.37. The summed E-state index contributed by atoms with van der Waals surface area (Å²) in [4.78, 5) is 1.84. The minimum Gasteiger partial charge on any atom is -0.409 e. The van der Waals surface area contributed by atoms with Gasteiger partial charge in [0.1, 0.15) is 5.82 Å². The van der Waals surface area contributed by atoms with Gasteiger partial charge >= 0.3 is 0 Å². The minimum atomic E-state index is -0.459. The fraction of sp³-hybridized carbons (Fsp3) is 0.462. The molecule has 0 bridgehead atoms. The normalized spacial score (nSPS) is 23.9. The zero-order valence-corrected chi connectivity index (χ0v) is 11.2. The first-order chi connectivity index (χ1) is 9.56. The molecule has 20 heavy (non-hydrogen) atoms. The van der Waals surface area contributed by atoms with E-state index >= 15 is 0 Å². The van der Waals surface area contributed by atoms with Crippen molar-refractivity contribution in [3.63, 3.8) is 0 Å². The lowest BCUT2D eigenvalue weighted by molar-refractivity contribution is -0.0105. The second kappa shape index (κ2) is 6.06. The Labute approximate surface area is 116 Å². The van der Waals surface area contributed by atoms with Crippen molar-refractivity contribution < 1.29 is 19.4 Å². The number of ether oxygens (including phenoxy) is 1. The molecule has 0 aromatic heterocycles. The number of benzene rings is 1. The Morgan fingerprint density at radius 1 is 1.60 bits per heavy atom. The number of hydrogen-bond donors (Lipinski definition) is 3. The molecule has 6 nitrogen and oxygen atoms in total. The van der Waals surface area contributed by atoms with Gasteiger partial charge in [-0.15, -0.1) is 0 Å². The highest BCUT2D eigenvalue weighted by molar-refractivity contribution is 5.97. The molecule has 7 heteroatoms. The Morgan fingerprint density at radius 3 is 2.95 bits per heavy atom. The van der Waals surface area contributed by atoms with Gasteiger partial charge in [-0.2, -0.15) is 0 Å². The zero-order valence-electron chi connectivity index (χ0n) is 11.2. The molecule has 1 aliphatic rings. The van der Waals surface area contributed by atoms with Gasteiger partial charge in [-0.1, -0.05) is 5.16 Å². The summed E-state index contributed by atoms with van der Waals surface area (Å²) < 4.78 is 19.6. The van der Waals surface area contributed by atoms with Crippen molar-refractivity contribution in [3.05, 3.63) is 29.6 Å². The summed E-state index contributed by atoms with van der Waals surface area (Å²) >= 11 is 0. The lowest BCUT2D eigenvalue weighted by Crippen LogP contribution is -2.50. The molecule has 1 aromatic carbocycles. The van der Waals surface area contributed by atoms with E-state index in [9.17, 15) is 4.39 Å². The molecule has 0 radical (unpaired) electrons. The van der Waals surface area contributed by atoms with E-state index in [0.29, 0.717) is 24.4 Å². The Kier molecular flexibility index (Phi) is 4.41. The first-order valence-corrected chi connectivity index (χ1v) is 6.33. The van der Waals surface area contributed by atoms with Gasteiger partial charge in [0.15, 0.2) is 5.84 Å². The van der Waals surface area contributed by atoms with Crippen LogP contribution in [0.4, 0.5) is 10.1 Å². The second-order valence-electron chi connectivity index (χ2n) is 4.79. The second-order valence-corrected chi connectivity index (χ2v) is 4.79. The van der Waals surface area contributed by atoms with Crippen LogP contribution >= 0.6 is 0 Å². The number of nitrogens with zero attached hydrogens (tertiary/aromatic N) is 2. The molecule has 110 valence electrons. The Balaban J connectivity index is 2.27. The Morgan fingerprint density at radius 2 is 2.35 bits per heavy atom. The van der Waals surface area contributed by atoms with Crippen molar-refractivity contribution in [2.24, 2.45) is 10.9 Å². The van der Waals surface area contributed by atoms with E-state index in [0.717, 1.165) is 0 Å². The van der Waals surface area contributed by atoms with E-state index in [-0.39, 0.29) is 24.6 Å². The Hall–Kier alpha value is -1.86. The third kappa shape index (κ3) is 2.83. The van der Waals surface area contributed by atoms with Crippen LogP contribution in [0.1, 0.15) is 12.5 Å². The Bertz CT molecular complexity index is 510. The number of aliphatic hydroxyl groups excluding tert-OH is 1. The SMILES string of the molecule is CC1COC(CO)CN1c1ccc(/C(N)=N/O)cc1F. The molecule has 1 saturated heterocycles. The summed E-state index contributed by atoms with van der Waals surface area (Å²) in [5.41, 5.74) is 6.15. The number of oxime groups is 1. The quantitative estimate of drug-likeness (QED) is 0.325. The molecule has 1 aromatic rings. The van der Waals surface area contributed by atoms with Crippen LogP contribution < -0.4 is 10.6 Å². The predicted octanol–water partition coefficient (Wildman–Crippen LogP) is 0.506. The fourth-order valence-corrected chi connectivity index (χ4v) is 2.22. The first kappa shape index (κ1) is 14.5. The van der Waals surface area contributed by atoms with Crippen molar-refractivity contribution in [3.8, 4) is 0 Å². The number of rotatable bonds is 3. The summed E-state index contributed by atoms with van der Waals surface area (Å²) in [6.45, 7) is 2.65. The summed E-state index contributed by atoms with van der Waals surface area (Å²) in [5.74, 6) is -0.599. The highest BCUT2D eigenvalue weighted by Crippen LogP contribution is 2.25. The number of hydrogen-bond acceptors (Lipinski definition) is 5. The van der Waals surface area contributed by atoms with Crippen LogP contribution in [0.2, 0.25) is 0 Å². The summed E-state index contributed by atoms with van der Waals surface area (Å²) in [7, 11) is 0. The van der Waals surface area contributed by atoms with Gasteiger partial charge in [0, 0.05) is 18.2 Å². The highest BCUT2D eigenvalue weighted by atomic mass is 19.1. The molecule has 0 aliphatic carbocycles. The smallest absolute Gasteiger partial charge is 0.170 e. The van der Waals surface area contributed by atoms with Crippen LogP contribution in [0.5, 0.6) is 0 Å². The van der Waals surface area contributed by atoms with Crippen LogP contribution in [0.3, 0.4) is 0 Å². The average Bonchev–Trinajstić information content (AvgIpc) is 2.47. The molecule has 1 heterocycles. The van der Waals surface area contributed by atoms with E-state index < -0.39 is 5.82 Å². The molecular weight excluding hydrogens is 265 g/mol. The lowest BCUT2D eigenvalue weighted by atomic mass is 10.1. The number of halogens is 1. The molecule has 0 amide bonds. The molecule has 2 rings (SSSR count). The highest BCUT2D eigenvalue weighted by Gasteiger charge is 2.27. The molecule has 0 saturated carbocycles. The molecule has 2 unspecified atom stereocenters. The van der Waals surface area contributed by atoms with Crippen LogP contribution in [-0.2, 0) is 4.74 Å². The van der Waals surface area contributed by atoms with Gasteiger partial charge in [-0.05, 0) is 25.1 Å². The van der Waals surface area contributed by atoms with Crippen molar-refractivity contribution in [2.45, 2.75) is 19.1 Å². The van der Waals surface area contributed by atoms with Crippen LogP contribution in [0.25, 0.3) is 0 Å². The van der Waals surface area contributed by atoms with Crippen molar-refractivity contribution in [1.29, 1.82) is 0 Å². The van der Waals surface area contributed by atoms with Crippen LogP contribution in [-0.4, -0.2) is 48.1 Å². The zero-order chi connectivity index (χ0) is 14.7. The van der Waals surface area contributed by atoms with E-state index in [1.54, 1.807) is 12.1 Å². The average molecular weight is 283 g/mol. The predicted molar refractivity (Wildman–Crippen MR) is 72.5 cm³/mol. The van der Waals surface area contributed by atoms with Gasteiger partial charge in [-0.25, -0.2) is 4.39 Å². The maximum absolute atomic E-state index is 14.2. The standard InChI is InChI=1S/C13H18FN3O3/c1-8-7-20-10(6-18)5-17(8)12-3-2-9(4-11(12)14)13(15)16-19/h2-4,8,10,18-19H,5-7H2,1H3,(H2,15,16). The third-order valence-corrected chi connectivity index (χ3v) is 3.37. The topological polar surface area (TPSA) is 91.3 Å². The summed E-state index contributed by atoms with van der Waals surface area (Å²) in [6.07, 6.45) is -0.325. The number of nitrogens with two attached hydrogens (primary N) is 1. The summed E-state index contributed by atoms with van der Waals surface area (Å²) in [5, 5.41) is 20.6. The monoisotopic (exact) mass is 283 g/mol. The first-order valence-electron chi connectivity index (χ1n) is 6.33. The van der Waals surface area contributed by atoms with Gasteiger partial charge < -0.3 is 25.7 Å². The van der Waals surface area contributed by atoms with Crippen LogP contribution in [0, 0.1) is 5.82 Å². The molecule has 1 aliphatic heterocycles. The van der Waals surface area contributed by atoms with Crippen molar-refractivity contribution in [2.75, 3.05) is 24.7 Å². The van der Waals surface area contributed by atoms with Gasteiger partial charge in [0.05, 0.1) is 25.0 Å². The lowest BCUT2D eigenvalue weighted by Gasteiger charge is -2.39. The minimum absolute atomic E-state index is 0.00186. The molecule has 2 atom stereocenters. The van der Waals surface area contributed by atoms with Crippen molar-refractivity contribution >= 4 is 11.5 Å². The molecule has 1 fully saturated rings. The van der Waals surface area contributed by atoms with Gasteiger partial charge in [-0.3, -0.25) is 0 Å². The number of aliphatic hydroxyl groups is 1. The van der Waals surface area contributed by atoms with Crippen LogP contribution in [0.15, 0.2) is 23.4 Å². The van der Waals surface area contributed by atoms with E-state index in [2.05, 4.69) is 5.16 Å². The fourth-order valence-electron chi connectivity index (χ4n) is 2.22. The van der Waals surface area contributed by atoms with Gasteiger partial charge in [0.25, 0.3) is 0 Å². The number of amidine groups is 1. The largest absolute Gasteiger partial charge is 0.409 e. The maximum Gasteiger partial charge on any atom is 0.170 e. The molecular formula is C13H18FN3O3. The van der Waals surface area contributed by atoms with Gasteiger partial charge in [0.2, 0.25) is 0 Å². The van der Waals surface area contributed by atoms with E-state index in [1.807, 2.05) is 11.8 Å². The molecule has 4 N–H and O–H groups in total. The van der Waals surface area contributed by atoms with E-state index in [4.69, 9.17) is 20.8 Å². The maximum atomic E-state index is 14.2. The van der Waals surface area contributed by atoms with Crippen molar-refractivity contribution in [1.82, 2.24) is 0 Å². The van der Waals surface area contributed by atoms with E-state index in [1.165, 1.54) is 6.07 Å². The molecule has 0 spiro atoms. The number of anilines is 1. The number of morpholine rings is 1. The summed E-state index contributed by atoms with van der Waals surface area (Å²) in [6, 6.07) is 4.39.